The standard InChI is InChI=1S/C15H24N2O4/c1-10-7-17(9-13(10)15(20)21-3)14(19)12-5-4-6-16(8-12)11(2)18/h10,12-13H,4-9H2,1-3H3. The molecule has 0 aromatic carbocycles. The molecule has 6 heteroatoms. The van der Waals surface area contributed by atoms with Gasteiger partial charge in [0.1, 0.15) is 0 Å². The van der Waals surface area contributed by atoms with E-state index < -0.39 is 0 Å². The van der Waals surface area contributed by atoms with Gasteiger partial charge in [-0.1, -0.05) is 6.92 Å². The molecule has 0 aromatic rings. The topological polar surface area (TPSA) is 66.9 Å². The predicted octanol–water partition coefficient (Wildman–Crippen LogP) is 0.512. The third kappa shape index (κ3) is 3.36. The SMILES string of the molecule is COC(=O)C1CN(C(=O)C2CCCN(C(C)=O)C2)CC1C. The summed E-state index contributed by atoms with van der Waals surface area (Å²) in [4.78, 5) is 39.3. The number of ether oxygens (including phenoxy) is 1. The van der Waals surface area contributed by atoms with Crippen LogP contribution in [-0.2, 0) is 19.1 Å². The number of likely N-dealkylation sites (tertiary alicyclic amines) is 2. The van der Waals surface area contributed by atoms with Crippen molar-refractivity contribution in [1.82, 2.24) is 9.80 Å². The minimum Gasteiger partial charge on any atom is -0.469 e. The molecule has 3 unspecified atom stereocenters. The number of carbonyl (C=O) groups is 3. The van der Waals surface area contributed by atoms with Crippen LogP contribution in [0.15, 0.2) is 0 Å². The van der Waals surface area contributed by atoms with Gasteiger partial charge in [-0.15, -0.1) is 0 Å². The molecule has 2 amide bonds. The number of methoxy groups -OCH3 is 1. The van der Waals surface area contributed by atoms with Gasteiger partial charge in [0, 0.05) is 33.1 Å². The molecule has 0 bridgehead atoms. The van der Waals surface area contributed by atoms with Crippen LogP contribution in [-0.4, -0.2) is 60.9 Å². The number of carbonyl (C=O) groups excluding carboxylic acids is 3. The van der Waals surface area contributed by atoms with Crippen molar-refractivity contribution in [2.75, 3.05) is 33.3 Å². The average Bonchev–Trinajstić information content (AvgIpc) is 2.87. The minimum absolute atomic E-state index is 0.0229. The van der Waals surface area contributed by atoms with E-state index >= 15 is 0 Å². The van der Waals surface area contributed by atoms with Crippen LogP contribution in [0.1, 0.15) is 26.7 Å². The van der Waals surface area contributed by atoms with E-state index in [4.69, 9.17) is 4.74 Å². The molecule has 21 heavy (non-hydrogen) atoms. The summed E-state index contributed by atoms with van der Waals surface area (Å²) in [5, 5.41) is 0. The molecule has 2 aliphatic heterocycles. The molecule has 0 saturated carbocycles. The second kappa shape index (κ2) is 6.45. The van der Waals surface area contributed by atoms with Crippen molar-refractivity contribution in [3.8, 4) is 0 Å². The van der Waals surface area contributed by atoms with E-state index in [2.05, 4.69) is 0 Å². The number of esters is 1. The molecule has 2 rings (SSSR count). The number of amides is 2. The first-order valence-electron chi connectivity index (χ1n) is 7.56. The monoisotopic (exact) mass is 296 g/mol. The second-order valence-corrected chi connectivity index (χ2v) is 6.15. The summed E-state index contributed by atoms with van der Waals surface area (Å²) in [6.45, 7) is 5.77. The van der Waals surface area contributed by atoms with Gasteiger partial charge in [0.2, 0.25) is 11.8 Å². The zero-order valence-electron chi connectivity index (χ0n) is 13.0. The fraction of sp³-hybridized carbons (Fsp3) is 0.800. The summed E-state index contributed by atoms with van der Waals surface area (Å²) < 4.78 is 4.80. The molecular weight excluding hydrogens is 272 g/mol. The Morgan fingerprint density at radius 2 is 1.81 bits per heavy atom. The Bertz CT molecular complexity index is 437. The van der Waals surface area contributed by atoms with Crippen LogP contribution in [0.25, 0.3) is 0 Å². The fourth-order valence-electron chi connectivity index (χ4n) is 3.33. The normalized spacial score (nSPS) is 29.4. The molecular formula is C15H24N2O4. The van der Waals surface area contributed by atoms with Gasteiger partial charge in [-0.05, 0) is 18.8 Å². The zero-order chi connectivity index (χ0) is 15.6. The Hall–Kier alpha value is -1.59. The van der Waals surface area contributed by atoms with Crippen molar-refractivity contribution in [3.63, 3.8) is 0 Å². The Labute approximate surface area is 125 Å². The minimum atomic E-state index is -0.244. The van der Waals surface area contributed by atoms with Crippen molar-refractivity contribution < 1.29 is 19.1 Å². The first-order chi connectivity index (χ1) is 9.93. The molecule has 6 nitrogen and oxygen atoms in total. The molecule has 2 fully saturated rings. The van der Waals surface area contributed by atoms with Crippen LogP contribution >= 0.6 is 0 Å². The molecule has 0 radical (unpaired) electrons. The second-order valence-electron chi connectivity index (χ2n) is 6.15. The maximum atomic E-state index is 12.6. The summed E-state index contributed by atoms with van der Waals surface area (Å²) >= 11 is 0. The predicted molar refractivity (Wildman–Crippen MR) is 76.2 cm³/mol. The highest BCUT2D eigenvalue weighted by atomic mass is 16.5. The van der Waals surface area contributed by atoms with E-state index in [-0.39, 0.29) is 35.5 Å². The quantitative estimate of drug-likeness (QED) is 0.697. The lowest BCUT2D eigenvalue weighted by Crippen LogP contribution is -2.45. The fourth-order valence-corrected chi connectivity index (χ4v) is 3.33. The van der Waals surface area contributed by atoms with E-state index in [0.717, 1.165) is 19.4 Å². The highest BCUT2D eigenvalue weighted by molar-refractivity contribution is 5.82. The molecule has 0 N–H and O–H groups in total. The average molecular weight is 296 g/mol. The smallest absolute Gasteiger partial charge is 0.310 e. The first-order valence-corrected chi connectivity index (χ1v) is 7.56. The van der Waals surface area contributed by atoms with E-state index in [9.17, 15) is 14.4 Å². The molecule has 0 aliphatic carbocycles. The van der Waals surface area contributed by atoms with Crippen LogP contribution in [0.5, 0.6) is 0 Å². The Morgan fingerprint density at radius 1 is 1.10 bits per heavy atom. The van der Waals surface area contributed by atoms with Gasteiger partial charge in [0.25, 0.3) is 0 Å². The third-order valence-corrected chi connectivity index (χ3v) is 4.64. The lowest BCUT2D eigenvalue weighted by Gasteiger charge is -2.33. The lowest BCUT2D eigenvalue weighted by molar-refractivity contribution is -0.146. The molecule has 0 spiro atoms. The summed E-state index contributed by atoms with van der Waals surface area (Å²) in [6, 6.07) is 0. The molecule has 2 heterocycles. The Balaban J connectivity index is 1.97. The van der Waals surface area contributed by atoms with Crippen molar-refractivity contribution in [2.45, 2.75) is 26.7 Å². The number of hydrogen-bond acceptors (Lipinski definition) is 4. The molecule has 3 atom stereocenters. The van der Waals surface area contributed by atoms with Gasteiger partial charge in [-0.3, -0.25) is 14.4 Å². The van der Waals surface area contributed by atoms with Crippen molar-refractivity contribution in [2.24, 2.45) is 17.8 Å². The van der Waals surface area contributed by atoms with Crippen LogP contribution in [0.3, 0.4) is 0 Å². The Morgan fingerprint density at radius 3 is 2.43 bits per heavy atom. The van der Waals surface area contributed by atoms with Crippen molar-refractivity contribution >= 4 is 17.8 Å². The first kappa shape index (κ1) is 15.8. The van der Waals surface area contributed by atoms with Crippen molar-refractivity contribution in [1.29, 1.82) is 0 Å². The highest BCUT2D eigenvalue weighted by Crippen LogP contribution is 2.27. The highest BCUT2D eigenvalue weighted by Gasteiger charge is 2.40. The number of rotatable bonds is 2. The number of nitrogens with zero attached hydrogens (tertiary/aromatic N) is 2. The van der Waals surface area contributed by atoms with Gasteiger partial charge >= 0.3 is 5.97 Å². The summed E-state index contributed by atoms with van der Waals surface area (Å²) in [5.74, 6) is -0.396. The molecule has 118 valence electrons. The van der Waals surface area contributed by atoms with E-state index in [0.29, 0.717) is 19.6 Å². The Kier molecular flexibility index (Phi) is 4.85. The van der Waals surface area contributed by atoms with Crippen molar-refractivity contribution in [3.05, 3.63) is 0 Å². The van der Waals surface area contributed by atoms with Gasteiger partial charge in [0.05, 0.1) is 18.9 Å². The van der Waals surface area contributed by atoms with Gasteiger partial charge in [-0.25, -0.2) is 0 Å². The van der Waals surface area contributed by atoms with Gasteiger partial charge in [-0.2, -0.15) is 0 Å². The maximum Gasteiger partial charge on any atom is 0.310 e. The zero-order valence-corrected chi connectivity index (χ0v) is 13.0. The largest absolute Gasteiger partial charge is 0.469 e. The summed E-state index contributed by atoms with van der Waals surface area (Å²) in [5.41, 5.74) is 0. The molecule has 2 saturated heterocycles. The van der Waals surface area contributed by atoms with E-state index in [1.807, 2.05) is 6.92 Å². The van der Waals surface area contributed by atoms with E-state index in [1.165, 1.54) is 14.0 Å². The van der Waals surface area contributed by atoms with Crippen LogP contribution in [0.4, 0.5) is 0 Å². The summed E-state index contributed by atoms with van der Waals surface area (Å²) in [7, 11) is 1.38. The maximum absolute atomic E-state index is 12.6. The third-order valence-electron chi connectivity index (χ3n) is 4.64. The number of piperidine rings is 1. The van der Waals surface area contributed by atoms with Gasteiger partial charge < -0.3 is 14.5 Å². The number of hydrogen-bond donors (Lipinski definition) is 0. The van der Waals surface area contributed by atoms with E-state index in [1.54, 1.807) is 9.80 Å². The lowest BCUT2D eigenvalue weighted by atomic mass is 9.96. The van der Waals surface area contributed by atoms with Crippen LogP contribution in [0, 0.1) is 17.8 Å². The molecule has 0 aromatic heterocycles. The van der Waals surface area contributed by atoms with Crippen LogP contribution in [0.2, 0.25) is 0 Å². The van der Waals surface area contributed by atoms with Gasteiger partial charge in [0.15, 0.2) is 0 Å². The molecule has 2 aliphatic rings. The van der Waals surface area contributed by atoms with Crippen LogP contribution < -0.4 is 0 Å². The summed E-state index contributed by atoms with van der Waals surface area (Å²) in [6.07, 6.45) is 1.68.